The van der Waals surface area contributed by atoms with Gasteiger partial charge in [-0.2, -0.15) is 13.2 Å². The predicted octanol–water partition coefficient (Wildman–Crippen LogP) is 8.29. The highest BCUT2D eigenvalue weighted by atomic mass is 19.4. The molecular weight excluding hydrogens is 645 g/mol. The first kappa shape index (κ1) is 34.7. The second kappa shape index (κ2) is 15.2. The quantitative estimate of drug-likeness (QED) is 0.175. The second-order valence-electron chi connectivity index (χ2n) is 13.0. The maximum atomic E-state index is 14.4. The summed E-state index contributed by atoms with van der Waals surface area (Å²) in [4.78, 5) is 42.1. The zero-order chi connectivity index (χ0) is 35.3. The molecule has 4 aromatic carbocycles. The maximum Gasteiger partial charge on any atom is 0.416 e. The van der Waals surface area contributed by atoms with Crippen LogP contribution in [0, 0.1) is 5.92 Å². The maximum absolute atomic E-state index is 14.4. The molecule has 2 atom stereocenters. The summed E-state index contributed by atoms with van der Waals surface area (Å²) >= 11 is 0. The van der Waals surface area contributed by atoms with Crippen molar-refractivity contribution in [2.75, 3.05) is 6.54 Å². The van der Waals surface area contributed by atoms with Crippen molar-refractivity contribution in [1.82, 2.24) is 10.2 Å². The Morgan fingerprint density at radius 3 is 2.20 bits per heavy atom. The van der Waals surface area contributed by atoms with Crippen molar-refractivity contribution in [1.29, 1.82) is 0 Å². The van der Waals surface area contributed by atoms with Gasteiger partial charge in [-0.15, -0.1) is 0 Å². The van der Waals surface area contributed by atoms with Crippen molar-refractivity contribution in [3.8, 4) is 16.9 Å². The number of rotatable bonds is 10. The van der Waals surface area contributed by atoms with Crippen LogP contribution in [0.15, 0.2) is 97.1 Å². The summed E-state index contributed by atoms with van der Waals surface area (Å²) in [7, 11) is 0. The molecule has 0 bridgehead atoms. The van der Waals surface area contributed by atoms with Gasteiger partial charge in [-0.05, 0) is 76.9 Å². The highest BCUT2D eigenvalue weighted by Gasteiger charge is 2.40. The number of carbonyl (C=O) groups excluding carboxylic acids is 2. The van der Waals surface area contributed by atoms with Crippen molar-refractivity contribution in [2.45, 2.75) is 69.8 Å². The van der Waals surface area contributed by atoms with Gasteiger partial charge in [0.1, 0.15) is 18.4 Å². The molecule has 0 radical (unpaired) electrons. The fraction of sp³-hybridized carbons (Fsp3) is 0.325. The summed E-state index contributed by atoms with van der Waals surface area (Å²) in [6.07, 6.45) is 0.182. The number of amides is 2. The number of fused-ring (bicyclic) bond motifs is 1. The van der Waals surface area contributed by atoms with E-state index in [0.29, 0.717) is 35.4 Å². The van der Waals surface area contributed by atoms with E-state index in [1.54, 1.807) is 17.0 Å². The summed E-state index contributed by atoms with van der Waals surface area (Å²) in [6, 6.07) is 25.3. The number of carboxylic acid groups (broad SMARTS) is 1. The lowest BCUT2D eigenvalue weighted by Gasteiger charge is -2.39. The Morgan fingerprint density at radius 2 is 1.54 bits per heavy atom. The van der Waals surface area contributed by atoms with Gasteiger partial charge in [0, 0.05) is 12.5 Å². The van der Waals surface area contributed by atoms with Gasteiger partial charge in [-0.1, -0.05) is 92.1 Å². The van der Waals surface area contributed by atoms with Crippen LogP contribution in [0.2, 0.25) is 0 Å². The van der Waals surface area contributed by atoms with Crippen molar-refractivity contribution < 1.29 is 37.4 Å². The smallest absolute Gasteiger partial charge is 0.416 e. The number of halogens is 3. The first-order chi connectivity index (χ1) is 24.1. The molecular formula is C40H39F3N2O5. The highest BCUT2D eigenvalue weighted by molar-refractivity contribution is 5.91. The normalized spacial score (nSPS) is 17.0. The molecule has 1 fully saturated rings. The minimum Gasteiger partial charge on any atom is -0.489 e. The fourth-order valence-corrected chi connectivity index (χ4v) is 6.96. The van der Waals surface area contributed by atoms with Gasteiger partial charge in [-0.25, -0.2) is 0 Å². The van der Waals surface area contributed by atoms with E-state index in [9.17, 15) is 32.7 Å². The second-order valence-corrected chi connectivity index (χ2v) is 13.0. The Balaban J connectivity index is 1.28. The lowest BCUT2D eigenvalue weighted by molar-refractivity contribution is -0.146. The Hall–Kier alpha value is -5.12. The third kappa shape index (κ3) is 8.18. The highest BCUT2D eigenvalue weighted by Crippen LogP contribution is 2.37. The van der Waals surface area contributed by atoms with E-state index in [-0.39, 0.29) is 24.9 Å². The first-order valence-corrected chi connectivity index (χ1v) is 17.0. The van der Waals surface area contributed by atoms with Crippen LogP contribution >= 0.6 is 0 Å². The summed E-state index contributed by atoms with van der Waals surface area (Å²) in [5.74, 6) is -1.46. The Labute approximate surface area is 289 Å². The molecule has 260 valence electrons. The van der Waals surface area contributed by atoms with Crippen molar-refractivity contribution in [3.05, 3.63) is 125 Å². The number of nitrogens with one attached hydrogen (secondary N) is 1. The molecule has 2 aliphatic rings. The van der Waals surface area contributed by atoms with E-state index in [1.165, 1.54) is 12.1 Å². The molecule has 1 saturated carbocycles. The van der Waals surface area contributed by atoms with Crippen molar-refractivity contribution >= 4 is 17.8 Å². The number of hydrogen-bond acceptors (Lipinski definition) is 4. The lowest BCUT2D eigenvalue weighted by Crippen LogP contribution is -2.50. The number of carboxylic acids is 1. The minimum absolute atomic E-state index is 0.00182. The zero-order valence-electron chi connectivity index (χ0n) is 27.5. The number of ether oxygens (including phenoxy) is 1. The number of carbonyl (C=O) groups is 3. The van der Waals surface area contributed by atoms with Gasteiger partial charge < -0.3 is 20.1 Å². The summed E-state index contributed by atoms with van der Waals surface area (Å²) in [5.41, 5.74) is 3.80. The van der Waals surface area contributed by atoms with E-state index >= 15 is 0 Å². The molecule has 0 saturated heterocycles. The SMILES string of the molecule is O=C(O)CC(NC(=O)C1c2cc(OCc3ccc(C(F)(F)F)cc3)ccc2CCN1C(=O)C1CCCCC1)c1ccc(-c2ccccc2)cc1. The van der Waals surface area contributed by atoms with Crippen LogP contribution in [0.4, 0.5) is 13.2 Å². The molecule has 2 amide bonds. The van der Waals surface area contributed by atoms with Crippen molar-refractivity contribution in [3.63, 3.8) is 0 Å². The number of nitrogens with zero attached hydrogens (tertiary/aromatic N) is 1. The lowest BCUT2D eigenvalue weighted by atomic mass is 9.85. The average Bonchev–Trinajstić information content (AvgIpc) is 3.13. The molecule has 2 N–H and O–H groups in total. The van der Waals surface area contributed by atoms with E-state index in [0.717, 1.165) is 60.9 Å². The van der Waals surface area contributed by atoms with Crippen LogP contribution in [0.3, 0.4) is 0 Å². The Bertz CT molecular complexity index is 1800. The standard InChI is InChI=1S/C40H39F3N2O5/c41-40(42,43)32-18-11-26(12-19-32)25-50-33-20-17-29-21-22-45(39(49)31-9-5-2-6-10-31)37(34(29)23-33)38(48)44-35(24-36(46)47)30-15-13-28(14-16-30)27-7-3-1-4-8-27/h1,3-4,7-8,11-20,23,31,35,37H,2,5-6,9-10,21-22,24-25H2,(H,44,48)(H,46,47). The van der Waals surface area contributed by atoms with E-state index < -0.39 is 35.7 Å². The van der Waals surface area contributed by atoms with Gasteiger partial charge >= 0.3 is 12.1 Å². The number of benzene rings is 4. The summed E-state index contributed by atoms with van der Waals surface area (Å²) in [6.45, 7) is 0.333. The third-order valence-electron chi connectivity index (χ3n) is 9.63. The van der Waals surface area contributed by atoms with Gasteiger partial charge in [0.25, 0.3) is 0 Å². The summed E-state index contributed by atoms with van der Waals surface area (Å²) < 4.78 is 45.1. The van der Waals surface area contributed by atoms with Crippen LogP contribution in [0.25, 0.3) is 11.1 Å². The molecule has 1 aliphatic heterocycles. The molecule has 0 aromatic heterocycles. The molecule has 7 nitrogen and oxygen atoms in total. The Kier molecular flexibility index (Phi) is 10.6. The third-order valence-corrected chi connectivity index (χ3v) is 9.63. The molecule has 1 heterocycles. The van der Waals surface area contributed by atoms with E-state index in [4.69, 9.17) is 4.74 Å². The zero-order valence-corrected chi connectivity index (χ0v) is 27.5. The van der Waals surface area contributed by atoms with Crippen LogP contribution < -0.4 is 10.1 Å². The topological polar surface area (TPSA) is 95.9 Å². The van der Waals surface area contributed by atoms with Gasteiger partial charge in [0.05, 0.1) is 18.0 Å². The monoisotopic (exact) mass is 684 g/mol. The fourth-order valence-electron chi connectivity index (χ4n) is 6.96. The molecule has 0 spiro atoms. The molecule has 50 heavy (non-hydrogen) atoms. The van der Waals surface area contributed by atoms with E-state index in [2.05, 4.69) is 5.32 Å². The number of alkyl halides is 3. The minimum atomic E-state index is -4.44. The van der Waals surface area contributed by atoms with Crippen LogP contribution in [-0.4, -0.2) is 34.3 Å². The first-order valence-electron chi connectivity index (χ1n) is 17.0. The van der Waals surface area contributed by atoms with Gasteiger partial charge in [0.2, 0.25) is 11.8 Å². The van der Waals surface area contributed by atoms with Crippen LogP contribution in [0.1, 0.15) is 78.4 Å². The van der Waals surface area contributed by atoms with Crippen LogP contribution in [-0.2, 0) is 33.6 Å². The predicted molar refractivity (Wildman–Crippen MR) is 182 cm³/mol. The number of aliphatic carboxylic acids is 1. The summed E-state index contributed by atoms with van der Waals surface area (Å²) in [5, 5.41) is 12.8. The van der Waals surface area contributed by atoms with Crippen LogP contribution in [0.5, 0.6) is 5.75 Å². The average molecular weight is 685 g/mol. The molecule has 4 aromatic rings. The molecule has 1 aliphatic carbocycles. The molecule has 10 heteroatoms. The van der Waals surface area contributed by atoms with Gasteiger partial charge in [0.15, 0.2) is 0 Å². The molecule has 6 rings (SSSR count). The van der Waals surface area contributed by atoms with Crippen molar-refractivity contribution in [2.24, 2.45) is 5.92 Å². The number of hydrogen-bond donors (Lipinski definition) is 2. The molecule has 2 unspecified atom stereocenters. The largest absolute Gasteiger partial charge is 0.489 e. The van der Waals surface area contributed by atoms with E-state index in [1.807, 2.05) is 60.7 Å². The van der Waals surface area contributed by atoms with Gasteiger partial charge in [-0.3, -0.25) is 14.4 Å². The Morgan fingerprint density at radius 1 is 0.860 bits per heavy atom.